The number of carbonyl (C=O) groups excluding carboxylic acids is 2. The Morgan fingerprint density at radius 1 is 1.19 bits per heavy atom. The van der Waals surface area contributed by atoms with Crippen LogP contribution in [-0.2, 0) is 9.53 Å². The first-order chi connectivity index (χ1) is 12.2. The van der Waals surface area contributed by atoms with Crippen molar-refractivity contribution >= 4 is 17.6 Å². The number of pyridine rings is 1. The highest BCUT2D eigenvalue weighted by Gasteiger charge is 2.18. The van der Waals surface area contributed by atoms with Crippen LogP contribution in [0.4, 0.5) is 5.69 Å². The highest BCUT2D eigenvalue weighted by Crippen LogP contribution is 2.20. The third kappa shape index (κ3) is 5.05. The Morgan fingerprint density at radius 3 is 2.42 bits per heavy atom. The minimum absolute atomic E-state index is 0.0235. The zero-order valence-electron chi connectivity index (χ0n) is 14.9. The van der Waals surface area contributed by atoms with Crippen molar-refractivity contribution in [1.29, 1.82) is 5.26 Å². The van der Waals surface area contributed by atoms with E-state index in [9.17, 15) is 9.59 Å². The van der Waals surface area contributed by atoms with Crippen molar-refractivity contribution in [2.75, 3.05) is 12.3 Å². The zero-order chi connectivity index (χ0) is 19.3. The summed E-state index contributed by atoms with van der Waals surface area (Å²) in [5.41, 5.74) is 7.23. The van der Waals surface area contributed by atoms with Crippen LogP contribution in [0.2, 0.25) is 0 Å². The van der Waals surface area contributed by atoms with Crippen molar-refractivity contribution in [2.45, 2.75) is 26.4 Å². The van der Waals surface area contributed by atoms with Crippen LogP contribution >= 0.6 is 0 Å². The van der Waals surface area contributed by atoms with Gasteiger partial charge in [-0.1, -0.05) is 12.1 Å². The van der Waals surface area contributed by atoms with Crippen LogP contribution in [0.15, 0.2) is 36.4 Å². The SMILES string of the molecule is CC(C)(C)OC(=O)CNC(=O)c1nc(-c2ccc(C#N)cc2)ccc1N. The smallest absolute Gasteiger partial charge is 0.325 e. The summed E-state index contributed by atoms with van der Waals surface area (Å²) in [6.07, 6.45) is 0. The Hall–Kier alpha value is -3.40. The molecule has 0 saturated carbocycles. The number of nitriles is 1. The van der Waals surface area contributed by atoms with Gasteiger partial charge >= 0.3 is 5.97 Å². The van der Waals surface area contributed by atoms with E-state index >= 15 is 0 Å². The largest absolute Gasteiger partial charge is 0.459 e. The fourth-order valence-corrected chi connectivity index (χ4v) is 2.14. The van der Waals surface area contributed by atoms with Gasteiger partial charge in [0, 0.05) is 5.56 Å². The van der Waals surface area contributed by atoms with Gasteiger partial charge < -0.3 is 15.8 Å². The summed E-state index contributed by atoms with van der Waals surface area (Å²) in [5.74, 6) is -1.11. The van der Waals surface area contributed by atoms with E-state index in [-0.39, 0.29) is 17.9 Å². The van der Waals surface area contributed by atoms with Crippen molar-refractivity contribution in [1.82, 2.24) is 10.3 Å². The van der Waals surface area contributed by atoms with Gasteiger partial charge in [-0.05, 0) is 45.0 Å². The van der Waals surface area contributed by atoms with Crippen LogP contribution in [0.3, 0.4) is 0 Å². The maximum Gasteiger partial charge on any atom is 0.325 e. The van der Waals surface area contributed by atoms with Gasteiger partial charge in [-0.25, -0.2) is 4.98 Å². The first kappa shape index (κ1) is 18.9. The predicted molar refractivity (Wildman–Crippen MR) is 97.0 cm³/mol. The van der Waals surface area contributed by atoms with Crippen LogP contribution in [0.5, 0.6) is 0 Å². The van der Waals surface area contributed by atoms with E-state index in [1.807, 2.05) is 6.07 Å². The van der Waals surface area contributed by atoms with Gasteiger partial charge in [0.2, 0.25) is 0 Å². The molecule has 1 aromatic heterocycles. The molecule has 2 aromatic rings. The molecular formula is C19H20N4O3. The van der Waals surface area contributed by atoms with Gasteiger partial charge in [-0.2, -0.15) is 5.26 Å². The molecule has 0 bridgehead atoms. The number of amides is 1. The summed E-state index contributed by atoms with van der Waals surface area (Å²) in [6.45, 7) is 4.95. The highest BCUT2D eigenvalue weighted by atomic mass is 16.6. The van der Waals surface area contributed by atoms with Crippen LogP contribution in [0.1, 0.15) is 36.8 Å². The number of aromatic nitrogens is 1. The summed E-state index contributed by atoms with van der Waals surface area (Å²) in [7, 11) is 0. The van der Waals surface area contributed by atoms with Crippen LogP contribution in [0, 0.1) is 11.3 Å². The van der Waals surface area contributed by atoms with Gasteiger partial charge in [-0.15, -0.1) is 0 Å². The van der Waals surface area contributed by atoms with E-state index in [1.54, 1.807) is 57.2 Å². The van der Waals surface area contributed by atoms with E-state index in [2.05, 4.69) is 10.3 Å². The quantitative estimate of drug-likeness (QED) is 0.815. The summed E-state index contributed by atoms with van der Waals surface area (Å²) in [5, 5.41) is 11.3. The molecule has 3 N–H and O–H groups in total. The number of nitrogen functional groups attached to an aromatic ring is 1. The van der Waals surface area contributed by atoms with Gasteiger partial charge in [0.25, 0.3) is 5.91 Å². The summed E-state index contributed by atoms with van der Waals surface area (Å²) < 4.78 is 5.14. The maximum atomic E-state index is 12.3. The Morgan fingerprint density at radius 2 is 1.85 bits per heavy atom. The third-order valence-electron chi connectivity index (χ3n) is 3.26. The molecule has 1 aromatic carbocycles. The number of esters is 1. The summed E-state index contributed by atoms with van der Waals surface area (Å²) in [4.78, 5) is 28.3. The molecule has 0 spiro atoms. The minimum atomic E-state index is -0.630. The molecule has 0 unspecified atom stereocenters. The Labute approximate surface area is 151 Å². The van der Waals surface area contributed by atoms with Crippen LogP contribution < -0.4 is 11.1 Å². The van der Waals surface area contributed by atoms with Gasteiger partial charge in [0.1, 0.15) is 12.1 Å². The Kier molecular flexibility index (Phi) is 5.58. The monoisotopic (exact) mass is 352 g/mol. The highest BCUT2D eigenvalue weighted by molar-refractivity contribution is 5.99. The molecule has 26 heavy (non-hydrogen) atoms. The van der Waals surface area contributed by atoms with Crippen molar-refractivity contribution in [3.8, 4) is 17.3 Å². The molecule has 0 radical (unpaired) electrons. The number of nitrogens with two attached hydrogens (primary N) is 1. The predicted octanol–water partition coefficient (Wildman–Crippen LogP) is 2.27. The molecule has 7 nitrogen and oxygen atoms in total. The normalized spacial score (nSPS) is 10.7. The van der Waals surface area contributed by atoms with Crippen molar-refractivity contribution in [3.63, 3.8) is 0 Å². The summed E-state index contributed by atoms with van der Waals surface area (Å²) >= 11 is 0. The second-order valence-corrected chi connectivity index (χ2v) is 6.59. The van der Waals surface area contributed by atoms with E-state index in [1.165, 1.54) is 0 Å². The Balaban J connectivity index is 2.14. The number of rotatable bonds is 4. The molecule has 0 aliphatic rings. The molecule has 0 saturated heterocycles. The van der Waals surface area contributed by atoms with Crippen molar-refractivity contribution in [3.05, 3.63) is 47.7 Å². The zero-order valence-corrected chi connectivity index (χ0v) is 14.9. The number of carbonyl (C=O) groups is 2. The summed E-state index contributed by atoms with van der Waals surface area (Å²) in [6, 6.07) is 12.1. The van der Waals surface area contributed by atoms with Gasteiger partial charge in [0.05, 0.1) is 23.0 Å². The Bertz CT molecular complexity index is 862. The fraction of sp³-hybridized carbons (Fsp3) is 0.263. The van der Waals surface area contributed by atoms with E-state index in [0.717, 1.165) is 5.56 Å². The number of benzene rings is 1. The molecule has 1 amide bonds. The first-order valence-electron chi connectivity index (χ1n) is 7.97. The number of hydrogen-bond acceptors (Lipinski definition) is 6. The van der Waals surface area contributed by atoms with Crippen molar-refractivity contribution in [2.24, 2.45) is 0 Å². The molecular weight excluding hydrogens is 332 g/mol. The molecule has 7 heteroatoms. The lowest BCUT2D eigenvalue weighted by Gasteiger charge is -2.19. The van der Waals surface area contributed by atoms with Crippen LogP contribution in [0.25, 0.3) is 11.3 Å². The second kappa shape index (κ2) is 7.66. The number of anilines is 1. The van der Waals surface area contributed by atoms with Gasteiger partial charge in [0.15, 0.2) is 5.69 Å². The number of ether oxygens (including phenoxy) is 1. The first-order valence-corrected chi connectivity index (χ1v) is 7.97. The second-order valence-electron chi connectivity index (χ2n) is 6.59. The minimum Gasteiger partial charge on any atom is -0.459 e. The standard InChI is InChI=1S/C19H20N4O3/c1-19(2,3)26-16(24)11-22-18(25)17-14(21)8-9-15(23-17)13-6-4-12(10-20)5-7-13/h4-9H,11,21H2,1-3H3,(H,22,25). The van der Waals surface area contributed by atoms with E-state index in [4.69, 9.17) is 15.7 Å². The number of nitrogens with one attached hydrogen (secondary N) is 1. The third-order valence-corrected chi connectivity index (χ3v) is 3.26. The molecule has 0 atom stereocenters. The van der Waals surface area contributed by atoms with E-state index in [0.29, 0.717) is 11.3 Å². The van der Waals surface area contributed by atoms with Gasteiger partial charge in [-0.3, -0.25) is 9.59 Å². The molecule has 0 fully saturated rings. The number of hydrogen-bond donors (Lipinski definition) is 2. The average molecular weight is 352 g/mol. The molecule has 0 aliphatic heterocycles. The van der Waals surface area contributed by atoms with Crippen molar-refractivity contribution < 1.29 is 14.3 Å². The maximum absolute atomic E-state index is 12.3. The topological polar surface area (TPSA) is 118 Å². The number of nitrogens with zero attached hydrogens (tertiary/aromatic N) is 2. The average Bonchev–Trinajstić information content (AvgIpc) is 2.59. The lowest BCUT2D eigenvalue weighted by molar-refractivity contribution is -0.153. The molecule has 2 rings (SSSR count). The fourth-order valence-electron chi connectivity index (χ4n) is 2.14. The lowest BCUT2D eigenvalue weighted by atomic mass is 10.1. The molecule has 0 aliphatic carbocycles. The lowest BCUT2D eigenvalue weighted by Crippen LogP contribution is -2.35. The van der Waals surface area contributed by atoms with Crippen LogP contribution in [-0.4, -0.2) is 29.0 Å². The molecule has 1 heterocycles. The van der Waals surface area contributed by atoms with E-state index < -0.39 is 17.5 Å². The molecule has 134 valence electrons.